The second kappa shape index (κ2) is 6.07. The normalized spacial score (nSPS) is 16.8. The summed E-state index contributed by atoms with van der Waals surface area (Å²) in [5.41, 5.74) is 8.82. The standard InChI is InChI=1S/C16H16N2O.ClH/c17-10-15-13-8-4-5-9-14(13)16(19)18(15)11-12-6-2-1-3-7-12;/h1-9,15H,10-11,17H2;1H. The minimum Gasteiger partial charge on any atom is -0.328 e. The lowest BCUT2D eigenvalue weighted by molar-refractivity contribution is 0.0715. The zero-order chi connectivity index (χ0) is 13.2. The van der Waals surface area contributed by atoms with Gasteiger partial charge >= 0.3 is 0 Å². The first-order valence-electron chi connectivity index (χ1n) is 6.45. The molecule has 4 heteroatoms. The van der Waals surface area contributed by atoms with Gasteiger partial charge in [-0.2, -0.15) is 0 Å². The van der Waals surface area contributed by atoms with Gasteiger partial charge in [0, 0.05) is 18.7 Å². The lowest BCUT2D eigenvalue weighted by Crippen LogP contribution is -2.31. The summed E-state index contributed by atoms with van der Waals surface area (Å²) in [4.78, 5) is 14.3. The summed E-state index contributed by atoms with van der Waals surface area (Å²) in [5.74, 6) is 0.0786. The Morgan fingerprint density at radius 2 is 1.65 bits per heavy atom. The molecule has 1 unspecified atom stereocenters. The Balaban J connectivity index is 0.00000147. The average molecular weight is 289 g/mol. The zero-order valence-electron chi connectivity index (χ0n) is 11.0. The molecule has 0 aromatic heterocycles. The van der Waals surface area contributed by atoms with E-state index >= 15 is 0 Å². The van der Waals surface area contributed by atoms with Gasteiger partial charge in [-0.25, -0.2) is 0 Å². The van der Waals surface area contributed by atoms with Crippen LogP contribution < -0.4 is 5.73 Å². The second-order valence-electron chi connectivity index (χ2n) is 4.76. The van der Waals surface area contributed by atoms with Crippen molar-refractivity contribution >= 4 is 18.3 Å². The summed E-state index contributed by atoms with van der Waals surface area (Å²) in [5, 5.41) is 0. The Bertz CT molecular complexity index is 600. The summed E-state index contributed by atoms with van der Waals surface area (Å²) < 4.78 is 0. The van der Waals surface area contributed by atoms with E-state index in [-0.39, 0.29) is 24.4 Å². The molecule has 0 bridgehead atoms. The number of amides is 1. The maximum atomic E-state index is 12.4. The van der Waals surface area contributed by atoms with E-state index < -0.39 is 0 Å². The zero-order valence-corrected chi connectivity index (χ0v) is 11.8. The topological polar surface area (TPSA) is 46.3 Å². The number of nitrogens with zero attached hydrogens (tertiary/aromatic N) is 1. The molecule has 1 atom stereocenters. The molecule has 0 saturated carbocycles. The van der Waals surface area contributed by atoms with Gasteiger partial charge in [0.1, 0.15) is 0 Å². The molecular formula is C16H17ClN2O. The predicted molar refractivity (Wildman–Crippen MR) is 81.8 cm³/mol. The molecule has 2 aromatic carbocycles. The van der Waals surface area contributed by atoms with E-state index in [2.05, 4.69) is 0 Å². The van der Waals surface area contributed by atoms with Crippen LogP contribution in [0.15, 0.2) is 54.6 Å². The molecule has 0 saturated heterocycles. The monoisotopic (exact) mass is 288 g/mol. The van der Waals surface area contributed by atoms with E-state index in [0.29, 0.717) is 13.1 Å². The number of benzene rings is 2. The quantitative estimate of drug-likeness (QED) is 0.944. The largest absolute Gasteiger partial charge is 0.328 e. The van der Waals surface area contributed by atoms with Crippen LogP contribution in [0.2, 0.25) is 0 Å². The maximum absolute atomic E-state index is 12.4. The lowest BCUT2D eigenvalue weighted by Gasteiger charge is -2.24. The Morgan fingerprint density at radius 1 is 1.00 bits per heavy atom. The lowest BCUT2D eigenvalue weighted by atomic mass is 10.1. The van der Waals surface area contributed by atoms with Gasteiger partial charge in [-0.05, 0) is 17.2 Å². The van der Waals surface area contributed by atoms with Gasteiger partial charge in [-0.1, -0.05) is 48.5 Å². The molecule has 0 aliphatic carbocycles. The van der Waals surface area contributed by atoms with Crippen molar-refractivity contribution in [3.8, 4) is 0 Å². The molecule has 3 rings (SSSR count). The fourth-order valence-electron chi connectivity index (χ4n) is 2.66. The highest BCUT2D eigenvalue weighted by Crippen LogP contribution is 2.33. The van der Waals surface area contributed by atoms with Crippen molar-refractivity contribution < 1.29 is 4.79 Å². The number of carbonyl (C=O) groups excluding carboxylic acids is 1. The van der Waals surface area contributed by atoms with Gasteiger partial charge < -0.3 is 10.6 Å². The van der Waals surface area contributed by atoms with Crippen LogP contribution in [-0.4, -0.2) is 17.4 Å². The highest BCUT2D eigenvalue weighted by atomic mass is 35.5. The van der Waals surface area contributed by atoms with E-state index in [1.807, 2.05) is 59.5 Å². The van der Waals surface area contributed by atoms with Gasteiger partial charge in [0.05, 0.1) is 6.04 Å². The summed E-state index contributed by atoms with van der Waals surface area (Å²) >= 11 is 0. The second-order valence-corrected chi connectivity index (χ2v) is 4.76. The molecule has 1 aliphatic rings. The predicted octanol–water partition coefficient (Wildman–Crippen LogP) is 2.76. The molecule has 20 heavy (non-hydrogen) atoms. The first kappa shape index (κ1) is 14.6. The van der Waals surface area contributed by atoms with Gasteiger partial charge in [0.2, 0.25) is 0 Å². The number of rotatable bonds is 3. The molecule has 1 aliphatic heterocycles. The molecule has 2 N–H and O–H groups in total. The molecular weight excluding hydrogens is 272 g/mol. The molecule has 1 heterocycles. The van der Waals surface area contributed by atoms with Crippen LogP contribution in [0.5, 0.6) is 0 Å². The van der Waals surface area contributed by atoms with E-state index in [1.54, 1.807) is 0 Å². The highest BCUT2D eigenvalue weighted by Gasteiger charge is 2.35. The van der Waals surface area contributed by atoms with Crippen LogP contribution in [0.1, 0.15) is 27.5 Å². The Hall–Kier alpha value is -1.84. The highest BCUT2D eigenvalue weighted by molar-refractivity contribution is 5.99. The maximum Gasteiger partial charge on any atom is 0.255 e. The van der Waals surface area contributed by atoms with E-state index in [0.717, 1.165) is 16.7 Å². The molecule has 3 nitrogen and oxygen atoms in total. The Kier molecular flexibility index (Phi) is 4.42. The van der Waals surface area contributed by atoms with Crippen LogP contribution >= 0.6 is 12.4 Å². The SMILES string of the molecule is Cl.NCC1c2ccccc2C(=O)N1Cc1ccccc1. The third-order valence-corrected chi connectivity index (χ3v) is 3.61. The van der Waals surface area contributed by atoms with Crippen LogP contribution in [0.4, 0.5) is 0 Å². The molecule has 1 amide bonds. The summed E-state index contributed by atoms with van der Waals surface area (Å²) in [6, 6.07) is 17.7. The number of carbonyl (C=O) groups is 1. The van der Waals surface area contributed by atoms with Gasteiger partial charge in [0.25, 0.3) is 5.91 Å². The molecule has 104 valence electrons. The first-order chi connectivity index (χ1) is 9.31. The Morgan fingerprint density at radius 3 is 2.35 bits per heavy atom. The van der Waals surface area contributed by atoms with Crippen LogP contribution in [0.3, 0.4) is 0 Å². The summed E-state index contributed by atoms with van der Waals surface area (Å²) in [6.45, 7) is 1.06. The Labute approximate surface area is 124 Å². The first-order valence-corrected chi connectivity index (χ1v) is 6.45. The van der Waals surface area contributed by atoms with Gasteiger partial charge in [0.15, 0.2) is 0 Å². The van der Waals surface area contributed by atoms with E-state index in [1.165, 1.54) is 0 Å². The smallest absolute Gasteiger partial charge is 0.255 e. The van der Waals surface area contributed by atoms with Crippen LogP contribution in [0.25, 0.3) is 0 Å². The number of nitrogens with two attached hydrogens (primary N) is 1. The number of hydrogen-bond donors (Lipinski definition) is 1. The van der Waals surface area contributed by atoms with Gasteiger partial charge in [-0.3, -0.25) is 4.79 Å². The summed E-state index contributed by atoms with van der Waals surface area (Å²) in [7, 11) is 0. The molecule has 0 spiro atoms. The number of halogens is 1. The fraction of sp³-hybridized carbons (Fsp3) is 0.188. The minimum atomic E-state index is -0.0103. The van der Waals surface area contributed by atoms with Crippen LogP contribution in [0, 0.1) is 0 Å². The third kappa shape index (κ3) is 2.42. The van der Waals surface area contributed by atoms with Crippen molar-refractivity contribution in [2.24, 2.45) is 5.73 Å². The van der Waals surface area contributed by atoms with Crippen molar-refractivity contribution in [2.75, 3.05) is 6.54 Å². The molecule has 2 aromatic rings. The van der Waals surface area contributed by atoms with E-state index in [4.69, 9.17) is 5.73 Å². The van der Waals surface area contributed by atoms with Crippen molar-refractivity contribution in [1.82, 2.24) is 4.90 Å². The van der Waals surface area contributed by atoms with Gasteiger partial charge in [-0.15, -0.1) is 12.4 Å². The average Bonchev–Trinajstić information content (AvgIpc) is 2.73. The fourth-order valence-corrected chi connectivity index (χ4v) is 2.66. The van der Waals surface area contributed by atoms with Crippen molar-refractivity contribution in [3.05, 3.63) is 71.3 Å². The number of hydrogen-bond acceptors (Lipinski definition) is 2. The number of fused-ring (bicyclic) bond motifs is 1. The van der Waals surface area contributed by atoms with Crippen molar-refractivity contribution in [2.45, 2.75) is 12.6 Å². The minimum absolute atomic E-state index is 0. The van der Waals surface area contributed by atoms with Crippen molar-refractivity contribution in [1.29, 1.82) is 0 Å². The van der Waals surface area contributed by atoms with Crippen molar-refractivity contribution in [3.63, 3.8) is 0 Å². The van der Waals surface area contributed by atoms with Crippen LogP contribution in [-0.2, 0) is 6.54 Å². The van der Waals surface area contributed by atoms with E-state index in [9.17, 15) is 4.79 Å². The summed E-state index contributed by atoms with van der Waals surface area (Å²) in [6.07, 6.45) is 0. The third-order valence-electron chi connectivity index (χ3n) is 3.61. The molecule has 0 fully saturated rings. The molecule has 0 radical (unpaired) electrons.